The highest BCUT2D eigenvalue weighted by molar-refractivity contribution is 7.99. The number of benzene rings is 1. The summed E-state index contributed by atoms with van der Waals surface area (Å²) in [7, 11) is 1.86. The smallest absolute Gasteiger partial charge is 0.234 e. The molecule has 0 spiro atoms. The van der Waals surface area contributed by atoms with Crippen LogP contribution in [0.15, 0.2) is 58.3 Å². The number of rotatable bonds is 7. The molecule has 0 fully saturated rings. The Morgan fingerprint density at radius 2 is 1.93 bits per heavy atom. The van der Waals surface area contributed by atoms with Crippen LogP contribution >= 0.6 is 11.8 Å². The number of aromatic nitrogens is 5. The molecule has 9 heteroatoms. The molecule has 0 aliphatic carbocycles. The number of hydrogen-bond acceptors (Lipinski definition) is 6. The molecule has 3 aromatic heterocycles. The molecular weight excluding hydrogens is 400 g/mol. The number of carbonyl (C=O) groups is 1. The highest BCUT2D eigenvalue weighted by Gasteiger charge is 2.19. The molecule has 0 aliphatic heterocycles. The summed E-state index contributed by atoms with van der Waals surface area (Å²) in [5.74, 6) is 1.36. The summed E-state index contributed by atoms with van der Waals surface area (Å²) in [5, 5.41) is 16.5. The Bertz CT molecular complexity index is 1150. The van der Waals surface area contributed by atoms with E-state index in [4.69, 9.17) is 4.42 Å². The highest BCUT2D eigenvalue weighted by Crippen LogP contribution is 2.26. The van der Waals surface area contributed by atoms with Crippen molar-refractivity contribution in [2.45, 2.75) is 25.5 Å². The Kier molecular flexibility index (Phi) is 5.71. The average Bonchev–Trinajstić information content (AvgIpc) is 3.45. The van der Waals surface area contributed by atoms with E-state index in [1.165, 1.54) is 11.8 Å². The van der Waals surface area contributed by atoms with E-state index in [1.807, 2.05) is 67.9 Å². The van der Waals surface area contributed by atoms with Crippen molar-refractivity contribution in [3.63, 3.8) is 0 Å². The molecule has 0 radical (unpaired) electrons. The van der Waals surface area contributed by atoms with Crippen molar-refractivity contribution in [1.29, 1.82) is 0 Å². The lowest BCUT2D eigenvalue weighted by Crippen LogP contribution is -2.16. The summed E-state index contributed by atoms with van der Waals surface area (Å²) >= 11 is 1.34. The van der Waals surface area contributed by atoms with Crippen molar-refractivity contribution in [2.75, 3.05) is 11.1 Å². The average molecular weight is 423 g/mol. The second-order valence-corrected chi connectivity index (χ2v) is 7.80. The van der Waals surface area contributed by atoms with E-state index in [1.54, 1.807) is 10.9 Å². The third kappa shape index (κ3) is 4.16. The van der Waals surface area contributed by atoms with Gasteiger partial charge < -0.3 is 9.73 Å². The predicted octanol–water partition coefficient (Wildman–Crippen LogP) is 3.67. The van der Waals surface area contributed by atoms with E-state index >= 15 is 0 Å². The first-order valence-electron chi connectivity index (χ1n) is 9.46. The summed E-state index contributed by atoms with van der Waals surface area (Å²) in [4.78, 5) is 12.6. The van der Waals surface area contributed by atoms with Gasteiger partial charge in [0.15, 0.2) is 10.9 Å². The molecule has 1 N–H and O–H groups in total. The first kappa shape index (κ1) is 20.0. The minimum Gasteiger partial charge on any atom is -0.461 e. The summed E-state index contributed by atoms with van der Waals surface area (Å²) < 4.78 is 9.24. The number of thioether (sulfide) groups is 1. The number of hydrogen-bond donors (Lipinski definition) is 1. The first-order chi connectivity index (χ1) is 14.5. The topological polar surface area (TPSA) is 90.8 Å². The SMILES string of the molecule is Cc1nn(C)c(C)c1NC(=O)CSc1nnc(-c2ccco2)n1Cc1ccccc1. The van der Waals surface area contributed by atoms with E-state index in [0.29, 0.717) is 23.3 Å². The summed E-state index contributed by atoms with van der Waals surface area (Å²) in [5.41, 5.74) is 3.57. The molecule has 8 nitrogen and oxygen atoms in total. The van der Waals surface area contributed by atoms with Gasteiger partial charge in [0.2, 0.25) is 11.7 Å². The van der Waals surface area contributed by atoms with Gasteiger partial charge in [0.1, 0.15) is 0 Å². The van der Waals surface area contributed by atoms with E-state index in [9.17, 15) is 4.79 Å². The van der Waals surface area contributed by atoms with Gasteiger partial charge in [-0.2, -0.15) is 5.10 Å². The van der Waals surface area contributed by atoms with Gasteiger partial charge in [-0.15, -0.1) is 10.2 Å². The highest BCUT2D eigenvalue weighted by atomic mass is 32.2. The first-order valence-corrected chi connectivity index (χ1v) is 10.5. The zero-order valence-electron chi connectivity index (χ0n) is 17.0. The van der Waals surface area contributed by atoms with E-state index < -0.39 is 0 Å². The summed E-state index contributed by atoms with van der Waals surface area (Å²) in [6, 6.07) is 13.7. The maximum absolute atomic E-state index is 12.6. The van der Waals surface area contributed by atoms with Crippen molar-refractivity contribution < 1.29 is 9.21 Å². The van der Waals surface area contributed by atoms with Crippen LogP contribution in [0.4, 0.5) is 5.69 Å². The molecule has 0 saturated carbocycles. The molecule has 0 unspecified atom stereocenters. The lowest BCUT2D eigenvalue weighted by molar-refractivity contribution is -0.113. The molecule has 1 amide bonds. The largest absolute Gasteiger partial charge is 0.461 e. The van der Waals surface area contributed by atoms with E-state index in [0.717, 1.165) is 22.6 Å². The van der Waals surface area contributed by atoms with Crippen LogP contribution in [0.5, 0.6) is 0 Å². The Labute approximate surface area is 178 Å². The number of amides is 1. The number of anilines is 1. The molecule has 4 rings (SSSR count). The standard InChI is InChI=1S/C21H22N6O2S/c1-14-19(15(2)26(3)25-14)22-18(28)13-30-21-24-23-20(17-10-7-11-29-17)27(21)12-16-8-5-4-6-9-16/h4-11H,12-13H2,1-3H3,(H,22,28). The number of carbonyl (C=O) groups excluding carboxylic acids is 1. The van der Waals surface area contributed by atoms with Gasteiger partial charge in [-0.1, -0.05) is 42.1 Å². The molecule has 3 heterocycles. The Morgan fingerprint density at radius 1 is 1.13 bits per heavy atom. The molecular formula is C21H22N6O2S. The fourth-order valence-electron chi connectivity index (χ4n) is 3.15. The quantitative estimate of drug-likeness (QED) is 0.457. The number of nitrogens with one attached hydrogen (secondary N) is 1. The van der Waals surface area contributed by atoms with Crippen molar-refractivity contribution in [3.05, 3.63) is 65.7 Å². The van der Waals surface area contributed by atoms with Crippen molar-refractivity contribution in [2.24, 2.45) is 7.05 Å². The van der Waals surface area contributed by atoms with Crippen molar-refractivity contribution in [3.8, 4) is 11.6 Å². The molecule has 30 heavy (non-hydrogen) atoms. The Hall–Kier alpha value is -3.33. The number of nitrogens with zero attached hydrogens (tertiary/aromatic N) is 5. The van der Waals surface area contributed by atoms with Gasteiger partial charge in [-0.05, 0) is 31.5 Å². The number of aryl methyl sites for hydroxylation is 2. The minimum atomic E-state index is -0.118. The second-order valence-electron chi connectivity index (χ2n) is 6.86. The van der Waals surface area contributed by atoms with Crippen LogP contribution < -0.4 is 5.32 Å². The second kappa shape index (κ2) is 8.58. The molecule has 0 saturated heterocycles. The lowest BCUT2D eigenvalue weighted by atomic mass is 10.2. The van der Waals surface area contributed by atoms with Gasteiger partial charge in [0.25, 0.3) is 0 Å². The van der Waals surface area contributed by atoms with Gasteiger partial charge in [-0.3, -0.25) is 14.0 Å². The third-order valence-corrected chi connectivity index (χ3v) is 5.71. The van der Waals surface area contributed by atoms with Crippen LogP contribution in [0.3, 0.4) is 0 Å². The zero-order valence-corrected chi connectivity index (χ0v) is 17.8. The van der Waals surface area contributed by atoms with Crippen molar-refractivity contribution >= 4 is 23.4 Å². The van der Waals surface area contributed by atoms with Gasteiger partial charge in [-0.25, -0.2) is 0 Å². The van der Waals surface area contributed by atoms with Gasteiger partial charge in [0.05, 0.1) is 35.6 Å². The summed E-state index contributed by atoms with van der Waals surface area (Å²) in [6.07, 6.45) is 1.61. The fraction of sp³-hybridized carbons (Fsp3) is 0.238. The molecule has 0 atom stereocenters. The van der Waals surface area contributed by atoms with Crippen LogP contribution in [0.1, 0.15) is 17.0 Å². The molecule has 154 valence electrons. The number of furan rings is 1. The Morgan fingerprint density at radius 3 is 2.60 bits per heavy atom. The van der Waals surface area contributed by atoms with E-state index in [2.05, 4.69) is 20.6 Å². The monoisotopic (exact) mass is 422 g/mol. The maximum Gasteiger partial charge on any atom is 0.234 e. The van der Waals surface area contributed by atoms with E-state index in [-0.39, 0.29) is 11.7 Å². The zero-order chi connectivity index (χ0) is 21.1. The minimum absolute atomic E-state index is 0.118. The van der Waals surface area contributed by atoms with Gasteiger partial charge >= 0.3 is 0 Å². The van der Waals surface area contributed by atoms with Crippen molar-refractivity contribution in [1.82, 2.24) is 24.5 Å². The molecule has 4 aromatic rings. The normalized spacial score (nSPS) is 11.0. The molecule has 0 bridgehead atoms. The van der Waals surface area contributed by atoms with Gasteiger partial charge in [0, 0.05) is 7.05 Å². The maximum atomic E-state index is 12.6. The van der Waals surface area contributed by atoms with Crippen LogP contribution in [0.2, 0.25) is 0 Å². The fourth-order valence-corrected chi connectivity index (χ4v) is 3.89. The Balaban J connectivity index is 1.53. The molecule has 1 aromatic carbocycles. The van der Waals surface area contributed by atoms with Crippen LogP contribution in [-0.2, 0) is 18.4 Å². The lowest BCUT2D eigenvalue weighted by Gasteiger charge is -2.10. The summed E-state index contributed by atoms with van der Waals surface area (Å²) in [6.45, 7) is 4.38. The van der Waals surface area contributed by atoms with Crippen LogP contribution in [-0.4, -0.2) is 36.2 Å². The molecule has 0 aliphatic rings. The van der Waals surface area contributed by atoms with Crippen LogP contribution in [0.25, 0.3) is 11.6 Å². The third-order valence-electron chi connectivity index (χ3n) is 4.75. The predicted molar refractivity (Wildman–Crippen MR) is 115 cm³/mol. The van der Waals surface area contributed by atoms with Crippen LogP contribution in [0, 0.1) is 13.8 Å².